The molecule has 0 nitrogen and oxygen atoms in total. The summed E-state index contributed by atoms with van der Waals surface area (Å²) in [6.07, 6.45) is 15.2. The molecular formula is C21H36S2. The Morgan fingerprint density at radius 3 is 1.57 bits per heavy atom. The summed E-state index contributed by atoms with van der Waals surface area (Å²) in [6.45, 7) is 9.18. The van der Waals surface area contributed by atoms with E-state index in [1.165, 1.54) is 86.4 Å². The quantitative estimate of drug-likeness (QED) is 0.345. The third-order valence-electron chi connectivity index (χ3n) is 4.63. The summed E-state index contributed by atoms with van der Waals surface area (Å²) < 4.78 is 1.19. The molecule has 0 atom stereocenters. The number of rotatable bonds is 12. The molecule has 0 saturated carbocycles. The molecule has 0 unspecified atom stereocenters. The van der Waals surface area contributed by atoms with Crippen molar-refractivity contribution >= 4 is 23.6 Å². The van der Waals surface area contributed by atoms with Gasteiger partial charge in [0.1, 0.15) is 0 Å². The van der Waals surface area contributed by atoms with Crippen LogP contribution in [0.2, 0.25) is 0 Å². The van der Waals surface area contributed by atoms with Crippen molar-refractivity contribution in [3.63, 3.8) is 0 Å². The highest BCUT2D eigenvalue weighted by atomic mass is 32.1. The molecule has 2 heteroatoms. The largest absolute Gasteiger partial charge is 0.128 e. The summed E-state index contributed by atoms with van der Waals surface area (Å²) in [5.41, 5.74) is 4.88. The molecule has 1 rings (SSSR count). The fourth-order valence-corrected chi connectivity index (χ4v) is 4.85. The lowest BCUT2D eigenvalue weighted by molar-refractivity contribution is 0.725. The van der Waals surface area contributed by atoms with Crippen LogP contribution in [0.15, 0.2) is 0 Å². The molecule has 1 aromatic heterocycles. The Labute approximate surface area is 153 Å². The van der Waals surface area contributed by atoms with Crippen molar-refractivity contribution in [1.82, 2.24) is 0 Å². The average Bonchev–Trinajstić information content (AvgIpc) is 2.56. The fourth-order valence-electron chi connectivity index (χ4n) is 3.15. The van der Waals surface area contributed by atoms with E-state index in [2.05, 4.69) is 27.7 Å². The van der Waals surface area contributed by atoms with Crippen LogP contribution in [0, 0.1) is 3.82 Å². The maximum atomic E-state index is 5.83. The van der Waals surface area contributed by atoms with Gasteiger partial charge in [-0.05, 0) is 68.1 Å². The van der Waals surface area contributed by atoms with Crippen LogP contribution < -0.4 is 0 Å². The molecule has 1 aromatic rings. The number of hydrogen-bond donors (Lipinski definition) is 0. The van der Waals surface area contributed by atoms with Crippen LogP contribution >= 0.6 is 23.6 Å². The van der Waals surface area contributed by atoms with Gasteiger partial charge in [0, 0.05) is 4.88 Å². The van der Waals surface area contributed by atoms with Crippen molar-refractivity contribution in [3.8, 4) is 0 Å². The summed E-state index contributed by atoms with van der Waals surface area (Å²) in [7, 11) is 0. The van der Waals surface area contributed by atoms with Crippen LogP contribution in [0.25, 0.3) is 0 Å². The molecule has 0 aromatic carbocycles. The Hall–Kier alpha value is -0.210. The maximum Gasteiger partial charge on any atom is 0.0936 e. The van der Waals surface area contributed by atoms with Gasteiger partial charge in [0.15, 0.2) is 0 Å². The van der Waals surface area contributed by atoms with Gasteiger partial charge in [-0.25, -0.2) is 0 Å². The van der Waals surface area contributed by atoms with E-state index in [1.807, 2.05) is 11.3 Å². The topological polar surface area (TPSA) is 0 Å². The molecule has 0 aliphatic carbocycles. The van der Waals surface area contributed by atoms with Gasteiger partial charge in [-0.15, -0.1) is 11.3 Å². The van der Waals surface area contributed by atoms with E-state index < -0.39 is 0 Å². The zero-order valence-electron chi connectivity index (χ0n) is 15.8. The predicted octanol–water partition coefficient (Wildman–Crippen LogP) is 7.85. The van der Waals surface area contributed by atoms with Crippen LogP contribution in [-0.4, -0.2) is 0 Å². The van der Waals surface area contributed by atoms with Crippen molar-refractivity contribution in [3.05, 3.63) is 25.4 Å². The molecule has 0 bridgehead atoms. The average molecular weight is 353 g/mol. The van der Waals surface area contributed by atoms with E-state index in [1.54, 1.807) is 16.0 Å². The van der Waals surface area contributed by atoms with Crippen molar-refractivity contribution in [2.75, 3.05) is 0 Å². The second kappa shape index (κ2) is 12.2. The normalized spacial score (nSPS) is 11.1. The first-order valence-electron chi connectivity index (χ1n) is 9.86. The minimum atomic E-state index is 1.19. The lowest BCUT2D eigenvalue weighted by atomic mass is 9.92. The van der Waals surface area contributed by atoms with Gasteiger partial charge in [-0.2, -0.15) is 0 Å². The Bertz CT molecular complexity index is 499. The fraction of sp³-hybridized carbons (Fsp3) is 0.762. The Morgan fingerprint density at radius 2 is 1.04 bits per heavy atom. The monoisotopic (exact) mass is 352 g/mol. The van der Waals surface area contributed by atoms with Crippen molar-refractivity contribution in [1.29, 1.82) is 0 Å². The van der Waals surface area contributed by atoms with Crippen molar-refractivity contribution in [2.45, 2.75) is 105 Å². The lowest BCUT2D eigenvalue weighted by Crippen LogP contribution is -2.06. The molecule has 23 heavy (non-hydrogen) atoms. The van der Waals surface area contributed by atoms with Gasteiger partial charge < -0.3 is 0 Å². The van der Waals surface area contributed by atoms with E-state index in [4.69, 9.17) is 12.2 Å². The smallest absolute Gasteiger partial charge is 0.0936 e. The predicted molar refractivity (Wildman–Crippen MR) is 110 cm³/mol. The Balaban J connectivity index is 3.30. The van der Waals surface area contributed by atoms with Crippen LogP contribution in [-0.2, 0) is 25.7 Å². The second-order valence-electron chi connectivity index (χ2n) is 6.66. The zero-order chi connectivity index (χ0) is 17.1. The molecule has 0 radical (unpaired) electrons. The van der Waals surface area contributed by atoms with Gasteiger partial charge >= 0.3 is 0 Å². The van der Waals surface area contributed by atoms with Gasteiger partial charge in [-0.1, -0.05) is 65.6 Å². The summed E-state index contributed by atoms with van der Waals surface area (Å²) in [5, 5.41) is 0. The van der Waals surface area contributed by atoms with Gasteiger partial charge in [0.05, 0.1) is 3.82 Å². The first kappa shape index (κ1) is 20.8. The van der Waals surface area contributed by atoms with Crippen LogP contribution in [0.3, 0.4) is 0 Å². The Morgan fingerprint density at radius 1 is 0.609 bits per heavy atom. The van der Waals surface area contributed by atoms with Crippen LogP contribution in [0.5, 0.6) is 0 Å². The molecule has 0 N–H and O–H groups in total. The highest BCUT2D eigenvalue weighted by Crippen LogP contribution is 2.31. The molecule has 0 aliphatic heterocycles. The molecule has 132 valence electrons. The number of unbranched alkanes of at least 4 members (excludes halogenated alkanes) is 4. The van der Waals surface area contributed by atoms with Gasteiger partial charge in [0.2, 0.25) is 0 Å². The molecular weight excluding hydrogens is 316 g/mol. The number of hydrogen-bond acceptors (Lipinski definition) is 2. The van der Waals surface area contributed by atoms with Crippen LogP contribution in [0.1, 0.15) is 101 Å². The van der Waals surface area contributed by atoms with E-state index >= 15 is 0 Å². The highest BCUT2D eigenvalue weighted by molar-refractivity contribution is 7.73. The van der Waals surface area contributed by atoms with E-state index in [0.717, 1.165) is 0 Å². The summed E-state index contributed by atoms with van der Waals surface area (Å²) >= 11 is 7.77. The van der Waals surface area contributed by atoms with Gasteiger partial charge in [-0.3, -0.25) is 0 Å². The summed E-state index contributed by atoms with van der Waals surface area (Å²) in [6, 6.07) is 0. The first-order chi connectivity index (χ1) is 11.2. The van der Waals surface area contributed by atoms with E-state index in [9.17, 15) is 0 Å². The lowest BCUT2D eigenvalue weighted by Gasteiger charge is -2.19. The minimum Gasteiger partial charge on any atom is -0.128 e. The van der Waals surface area contributed by atoms with E-state index in [-0.39, 0.29) is 0 Å². The molecule has 0 fully saturated rings. The molecule has 0 amide bonds. The standard InChI is InChI=1S/C21H36S2/c1-5-9-13-17-18(14-10-6-2)20(16-12-8-4)23-21(22)19(17)15-11-7-3/h5-16H2,1-4H3. The van der Waals surface area contributed by atoms with Crippen molar-refractivity contribution < 1.29 is 0 Å². The molecule has 0 saturated heterocycles. The maximum absolute atomic E-state index is 5.83. The highest BCUT2D eigenvalue weighted by Gasteiger charge is 2.15. The summed E-state index contributed by atoms with van der Waals surface area (Å²) in [5.74, 6) is 0. The third kappa shape index (κ3) is 6.66. The van der Waals surface area contributed by atoms with Gasteiger partial charge in [0.25, 0.3) is 0 Å². The SMILES string of the molecule is CCCCc1sc(=S)c(CCCC)c(CCCC)c1CCCC. The number of aryl methyl sites for hydroxylation is 1. The zero-order valence-corrected chi connectivity index (χ0v) is 17.4. The minimum absolute atomic E-state index is 1.19. The second-order valence-corrected chi connectivity index (χ2v) is 8.43. The third-order valence-corrected chi connectivity index (χ3v) is 6.25. The molecule has 0 spiro atoms. The van der Waals surface area contributed by atoms with Crippen LogP contribution in [0.4, 0.5) is 0 Å². The van der Waals surface area contributed by atoms with Crippen molar-refractivity contribution in [2.24, 2.45) is 0 Å². The summed E-state index contributed by atoms with van der Waals surface area (Å²) in [4.78, 5) is 1.61. The Kier molecular flexibility index (Phi) is 11.0. The molecule has 1 heterocycles. The first-order valence-corrected chi connectivity index (χ1v) is 11.1. The van der Waals surface area contributed by atoms with E-state index in [0.29, 0.717) is 0 Å². The molecule has 0 aliphatic rings.